The highest BCUT2D eigenvalue weighted by molar-refractivity contribution is 7.93. The fourth-order valence-electron chi connectivity index (χ4n) is 4.79. The molecule has 4 aromatic carbocycles. The fourth-order valence-corrected chi connectivity index (χ4v) is 6.36. The van der Waals surface area contributed by atoms with E-state index in [-0.39, 0.29) is 6.42 Å². The molecule has 0 amide bonds. The van der Waals surface area contributed by atoms with E-state index in [1.54, 1.807) is 42.5 Å². The second-order valence-corrected chi connectivity index (χ2v) is 11.3. The summed E-state index contributed by atoms with van der Waals surface area (Å²) < 4.78 is 44.7. The molecule has 0 spiro atoms. The van der Waals surface area contributed by atoms with Crippen molar-refractivity contribution in [3.63, 3.8) is 0 Å². The number of carbonyl (C=O) groups excluding carboxylic acids is 2. The number of nitrogens with zero attached hydrogens (tertiary/aromatic N) is 1. The van der Waals surface area contributed by atoms with Crippen molar-refractivity contribution in [2.75, 3.05) is 24.3 Å². The van der Waals surface area contributed by atoms with Crippen LogP contribution in [0.4, 0.5) is 11.4 Å². The number of rotatable bonds is 9. The van der Waals surface area contributed by atoms with E-state index in [2.05, 4.69) is 0 Å². The molecule has 9 heteroatoms. The van der Waals surface area contributed by atoms with Crippen LogP contribution in [0.3, 0.4) is 0 Å². The topological polar surface area (TPSA) is 99.2 Å². The third-order valence-electron chi connectivity index (χ3n) is 6.48. The number of benzene rings is 4. The highest BCUT2D eigenvalue weighted by Crippen LogP contribution is 2.42. The number of aryl methyl sites for hydroxylation is 3. The van der Waals surface area contributed by atoms with Crippen molar-refractivity contribution in [1.29, 1.82) is 0 Å². The van der Waals surface area contributed by atoms with Crippen molar-refractivity contribution < 1.29 is 32.2 Å². The zero-order valence-electron chi connectivity index (χ0n) is 23.1. The molecule has 0 saturated heterocycles. The summed E-state index contributed by atoms with van der Waals surface area (Å²) in [5.41, 5.74) is 3.96. The smallest absolute Gasteiger partial charge is 0.322 e. The molecule has 0 atom stereocenters. The Morgan fingerprint density at radius 1 is 0.750 bits per heavy atom. The highest BCUT2D eigenvalue weighted by Gasteiger charge is 2.32. The van der Waals surface area contributed by atoms with Gasteiger partial charge in [-0.3, -0.25) is 9.59 Å². The van der Waals surface area contributed by atoms with E-state index in [4.69, 9.17) is 14.2 Å². The third kappa shape index (κ3) is 5.94. The maximum atomic E-state index is 13.8. The zero-order valence-corrected chi connectivity index (χ0v) is 23.9. The van der Waals surface area contributed by atoms with E-state index in [1.807, 2.05) is 51.1 Å². The van der Waals surface area contributed by atoms with Crippen molar-refractivity contribution >= 4 is 44.1 Å². The van der Waals surface area contributed by atoms with Gasteiger partial charge in [-0.1, -0.05) is 60.2 Å². The van der Waals surface area contributed by atoms with Crippen molar-refractivity contribution in [3.05, 3.63) is 95.1 Å². The van der Waals surface area contributed by atoms with Crippen LogP contribution in [0.25, 0.3) is 10.8 Å². The minimum Gasteiger partial charge on any atom is -0.469 e. The van der Waals surface area contributed by atoms with Gasteiger partial charge in [0.2, 0.25) is 10.0 Å². The number of methoxy groups -OCH3 is 2. The molecular formula is C31H31NO7S. The first-order chi connectivity index (χ1) is 19.1. The predicted octanol–water partition coefficient (Wildman–Crippen LogP) is 5.91. The van der Waals surface area contributed by atoms with E-state index in [0.29, 0.717) is 39.2 Å². The lowest BCUT2D eigenvalue weighted by atomic mass is 10.0. The van der Waals surface area contributed by atoms with Gasteiger partial charge in [-0.2, -0.15) is 0 Å². The zero-order chi connectivity index (χ0) is 29.0. The van der Waals surface area contributed by atoms with Gasteiger partial charge in [-0.05, 0) is 50.1 Å². The summed E-state index contributed by atoms with van der Waals surface area (Å²) in [5.74, 6) is -1.14. The fraction of sp³-hybridized carbons (Fsp3) is 0.226. The van der Waals surface area contributed by atoms with E-state index in [1.165, 1.54) is 11.4 Å². The normalized spacial score (nSPS) is 11.2. The minimum atomic E-state index is -4.22. The number of para-hydroxylation sites is 1. The van der Waals surface area contributed by atoms with E-state index < -0.39 is 27.7 Å². The molecule has 0 unspecified atom stereocenters. The van der Waals surface area contributed by atoms with Gasteiger partial charge >= 0.3 is 11.9 Å². The average Bonchev–Trinajstić information content (AvgIpc) is 2.91. The van der Waals surface area contributed by atoms with Crippen LogP contribution in [0.5, 0.6) is 11.5 Å². The van der Waals surface area contributed by atoms with Crippen LogP contribution in [0.2, 0.25) is 0 Å². The number of hydrogen-bond donors (Lipinski definition) is 0. The molecule has 0 saturated carbocycles. The van der Waals surface area contributed by atoms with Crippen LogP contribution in [0.1, 0.15) is 22.3 Å². The van der Waals surface area contributed by atoms with Gasteiger partial charge in [0.05, 0.1) is 32.0 Å². The van der Waals surface area contributed by atoms with Gasteiger partial charge in [0.15, 0.2) is 5.75 Å². The Morgan fingerprint density at radius 2 is 1.35 bits per heavy atom. The summed E-state index contributed by atoms with van der Waals surface area (Å²) in [4.78, 5) is 24.1. The highest BCUT2D eigenvalue weighted by atomic mass is 32.2. The van der Waals surface area contributed by atoms with Gasteiger partial charge < -0.3 is 14.2 Å². The molecule has 4 rings (SSSR count). The Hall–Kier alpha value is -4.37. The maximum absolute atomic E-state index is 13.8. The van der Waals surface area contributed by atoms with Gasteiger partial charge in [0.25, 0.3) is 0 Å². The summed E-state index contributed by atoms with van der Waals surface area (Å²) in [7, 11) is -1.73. The van der Waals surface area contributed by atoms with Crippen molar-refractivity contribution in [3.8, 4) is 11.5 Å². The van der Waals surface area contributed by atoms with Crippen LogP contribution in [0.15, 0.2) is 72.8 Å². The predicted molar refractivity (Wildman–Crippen MR) is 155 cm³/mol. The minimum absolute atomic E-state index is 0.0359. The van der Waals surface area contributed by atoms with E-state index >= 15 is 0 Å². The molecule has 208 valence electrons. The number of sulfonamides is 1. The number of carbonyl (C=O) groups is 2. The lowest BCUT2D eigenvalue weighted by molar-refractivity contribution is -0.140. The summed E-state index contributed by atoms with van der Waals surface area (Å²) >= 11 is 0. The molecule has 0 aliphatic carbocycles. The summed E-state index contributed by atoms with van der Waals surface area (Å²) in [6.07, 6.45) is 0.0359. The van der Waals surface area contributed by atoms with Gasteiger partial charge in [0, 0.05) is 16.3 Å². The molecule has 0 heterocycles. The molecule has 0 bridgehead atoms. The molecule has 8 nitrogen and oxygen atoms in total. The number of hydrogen-bond acceptors (Lipinski definition) is 7. The Morgan fingerprint density at radius 3 is 2.00 bits per heavy atom. The molecule has 0 aromatic heterocycles. The molecule has 0 radical (unpaired) electrons. The van der Waals surface area contributed by atoms with Crippen molar-refractivity contribution in [1.82, 2.24) is 0 Å². The number of fused-ring (bicyclic) bond motifs is 1. The summed E-state index contributed by atoms with van der Waals surface area (Å²) in [6, 6.07) is 21.6. The molecule has 0 aliphatic heterocycles. The van der Waals surface area contributed by atoms with Crippen LogP contribution in [-0.2, 0) is 35.5 Å². The van der Waals surface area contributed by atoms with Crippen molar-refractivity contribution in [2.24, 2.45) is 0 Å². The second kappa shape index (κ2) is 11.8. The number of anilines is 2. The quantitative estimate of drug-likeness (QED) is 0.234. The first-order valence-corrected chi connectivity index (χ1v) is 14.2. The van der Waals surface area contributed by atoms with Gasteiger partial charge in [0.1, 0.15) is 11.5 Å². The molecule has 0 fully saturated rings. The van der Waals surface area contributed by atoms with E-state index in [9.17, 15) is 18.0 Å². The Labute approximate surface area is 234 Å². The third-order valence-corrected chi connectivity index (χ3v) is 8.02. The maximum Gasteiger partial charge on any atom is 0.322 e. The van der Waals surface area contributed by atoms with Crippen molar-refractivity contribution in [2.45, 2.75) is 27.2 Å². The number of ether oxygens (including phenoxy) is 3. The molecular weight excluding hydrogens is 530 g/mol. The van der Waals surface area contributed by atoms with Gasteiger partial charge in [-0.15, -0.1) is 0 Å². The Balaban J connectivity index is 1.92. The van der Waals surface area contributed by atoms with E-state index in [0.717, 1.165) is 23.8 Å². The largest absolute Gasteiger partial charge is 0.469 e. The first kappa shape index (κ1) is 28.6. The molecule has 40 heavy (non-hydrogen) atoms. The van der Waals surface area contributed by atoms with Gasteiger partial charge in [-0.25, -0.2) is 12.7 Å². The summed E-state index contributed by atoms with van der Waals surface area (Å²) in [5, 5.41) is 1.24. The lowest BCUT2D eigenvalue weighted by Gasteiger charge is -2.29. The lowest BCUT2D eigenvalue weighted by Crippen LogP contribution is -2.33. The Kier molecular flexibility index (Phi) is 8.44. The second-order valence-electron chi connectivity index (χ2n) is 9.44. The molecule has 4 aromatic rings. The average molecular weight is 562 g/mol. The first-order valence-electron chi connectivity index (χ1n) is 12.6. The Bertz CT molecular complexity index is 1670. The SMILES string of the molecule is COC(=O)Cc1ccccc1Oc1ccc(N(c2c(C)cc(C)cc2C)S(=O)(=O)CC(=O)OC)c2ccccc12. The monoisotopic (exact) mass is 561 g/mol. The van der Waals surface area contributed by atoms with Crippen LogP contribution < -0.4 is 9.04 Å². The van der Waals surface area contributed by atoms with Crippen LogP contribution >= 0.6 is 0 Å². The molecule has 0 N–H and O–H groups in total. The van der Waals surface area contributed by atoms with Crippen LogP contribution in [0, 0.1) is 20.8 Å². The number of esters is 2. The standard InChI is InChI=1S/C31H31NO7S/c1-20-16-21(2)31(22(3)17-20)32(40(35,36)19-30(34)38-5)26-14-15-28(25-12-8-7-11-24(25)26)39-27-13-9-6-10-23(27)18-29(33)37-4/h6-17H,18-19H2,1-5H3. The molecule has 0 aliphatic rings. The van der Waals surface area contributed by atoms with Crippen LogP contribution in [-0.4, -0.2) is 40.3 Å². The summed E-state index contributed by atoms with van der Waals surface area (Å²) in [6.45, 7) is 5.62.